The predicted octanol–water partition coefficient (Wildman–Crippen LogP) is 3.61. The Bertz CT molecular complexity index is 542. The molecule has 0 unspecified atom stereocenters. The van der Waals surface area contributed by atoms with Gasteiger partial charge in [0.15, 0.2) is 0 Å². The third kappa shape index (κ3) is 3.11. The highest BCUT2D eigenvalue weighted by Gasteiger charge is 2.04. The molecule has 0 spiro atoms. The van der Waals surface area contributed by atoms with Crippen LogP contribution in [-0.4, -0.2) is 16.5 Å². The maximum atomic E-state index is 5.95. The van der Waals surface area contributed by atoms with Crippen molar-refractivity contribution in [2.75, 3.05) is 17.2 Å². The van der Waals surface area contributed by atoms with Gasteiger partial charge in [0.2, 0.25) is 5.95 Å². The number of benzene rings is 1. The second-order valence-corrected chi connectivity index (χ2v) is 4.33. The fourth-order valence-electron chi connectivity index (χ4n) is 1.51. The van der Waals surface area contributed by atoms with Gasteiger partial charge in [0.25, 0.3) is 0 Å². The van der Waals surface area contributed by atoms with E-state index < -0.39 is 0 Å². The molecule has 4 nitrogen and oxygen atoms in total. The Morgan fingerprint density at radius 2 is 2.17 bits per heavy atom. The number of hydrogen-bond acceptors (Lipinski definition) is 4. The van der Waals surface area contributed by atoms with Gasteiger partial charge >= 0.3 is 0 Å². The van der Waals surface area contributed by atoms with E-state index in [1.165, 1.54) is 0 Å². The van der Waals surface area contributed by atoms with Crippen LogP contribution in [0.3, 0.4) is 0 Å². The van der Waals surface area contributed by atoms with Crippen molar-refractivity contribution >= 4 is 29.1 Å². The van der Waals surface area contributed by atoms with Gasteiger partial charge in [0.05, 0.1) is 0 Å². The first-order valence-electron chi connectivity index (χ1n) is 5.79. The van der Waals surface area contributed by atoms with E-state index in [1.807, 2.05) is 38.1 Å². The summed E-state index contributed by atoms with van der Waals surface area (Å²) in [6, 6.07) is 7.53. The average molecular weight is 263 g/mol. The van der Waals surface area contributed by atoms with Crippen LogP contribution in [0.15, 0.2) is 30.5 Å². The van der Waals surface area contributed by atoms with Crippen molar-refractivity contribution < 1.29 is 0 Å². The van der Waals surface area contributed by atoms with E-state index in [9.17, 15) is 0 Å². The number of hydrogen-bond donors (Lipinski definition) is 2. The van der Waals surface area contributed by atoms with Crippen molar-refractivity contribution in [3.05, 3.63) is 41.0 Å². The van der Waals surface area contributed by atoms with E-state index in [2.05, 4.69) is 20.6 Å². The van der Waals surface area contributed by atoms with E-state index in [0.717, 1.165) is 23.6 Å². The molecule has 1 heterocycles. The van der Waals surface area contributed by atoms with Gasteiger partial charge in [0.1, 0.15) is 5.82 Å². The zero-order valence-corrected chi connectivity index (χ0v) is 11.1. The summed E-state index contributed by atoms with van der Waals surface area (Å²) in [5, 5.41) is 7.01. The first-order chi connectivity index (χ1) is 8.69. The quantitative estimate of drug-likeness (QED) is 0.884. The molecule has 0 saturated carbocycles. The third-order valence-electron chi connectivity index (χ3n) is 2.39. The molecule has 18 heavy (non-hydrogen) atoms. The lowest BCUT2D eigenvalue weighted by atomic mass is 10.3. The molecule has 0 fully saturated rings. The molecule has 0 aliphatic carbocycles. The SMILES string of the molecule is CCNc1ncc(C)c(Nc2cccc(Cl)c2)n1. The maximum absolute atomic E-state index is 5.95. The van der Waals surface area contributed by atoms with Gasteiger partial charge in [-0.3, -0.25) is 0 Å². The molecule has 0 aliphatic heterocycles. The maximum Gasteiger partial charge on any atom is 0.224 e. The van der Waals surface area contributed by atoms with Crippen LogP contribution in [0, 0.1) is 6.92 Å². The zero-order valence-electron chi connectivity index (χ0n) is 10.4. The lowest BCUT2D eigenvalue weighted by molar-refractivity contribution is 1.07. The Balaban J connectivity index is 2.25. The minimum atomic E-state index is 0.618. The number of anilines is 3. The molecular formula is C13H15ClN4. The first kappa shape index (κ1) is 12.6. The summed E-state index contributed by atoms with van der Waals surface area (Å²) in [7, 11) is 0. The smallest absolute Gasteiger partial charge is 0.224 e. The van der Waals surface area contributed by atoms with E-state index in [1.54, 1.807) is 6.20 Å². The van der Waals surface area contributed by atoms with Crippen molar-refractivity contribution in [1.82, 2.24) is 9.97 Å². The average Bonchev–Trinajstić information content (AvgIpc) is 2.34. The van der Waals surface area contributed by atoms with Crippen LogP contribution >= 0.6 is 11.6 Å². The summed E-state index contributed by atoms with van der Waals surface area (Å²) in [5.74, 6) is 1.40. The van der Waals surface area contributed by atoms with Crippen LogP contribution in [0.4, 0.5) is 17.5 Å². The Morgan fingerprint density at radius 3 is 2.89 bits per heavy atom. The van der Waals surface area contributed by atoms with Crippen LogP contribution in [0.25, 0.3) is 0 Å². The van der Waals surface area contributed by atoms with E-state index in [-0.39, 0.29) is 0 Å². The Kier molecular flexibility index (Phi) is 3.99. The van der Waals surface area contributed by atoms with Gasteiger partial charge in [0, 0.05) is 29.0 Å². The number of aryl methyl sites for hydroxylation is 1. The highest BCUT2D eigenvalue weighted by atomic mass is 35.5. The summed E-state index contributed by atoms with van der Waals surface area (Å²) in [4.78, 5) is 8.61. The summed E-state index contributed by atoms with van der Waals surface area (Å²) in [5.41, 5.74) is 1.89. The fraction of sp³-hybridized carbons (Fsp3) is 0.231. The van der Waals surface area contributed by atoms with Crippen LogP contribution in [-0.2, 0) is 0 Å². The Morgan fingerprint density at radius 1 is 1.33 bits per heavy atom. The molecule has 1 aromatic heterocycles. The van der Waals surface area contributed by atoms with Crippen molar-refractivity contribution in [2.24, 2.45) is 0 Å². The van der Waals surface area contributed by atoms with Crippen molar-refractivity contribution in [3.8, 4) is 0 Å². The molecule has 0 saturated heterocycles. The minimum Gasteiger partial charge on any atom is -0.354 e. The number of nitrogens with one attached hydrogen (secondary N) is 2. The van der Waals surface area contributed by atoms with Gasteiger partial charge < -0.3 is 10.6 Å². The molecule has 0 atom stereocenters. The highest BCUT2D eigenvalue weighted by molar-refractivity contribution is 6.30. The molecule has 5 heteroatoms. The second-order valence-electron chi connectivity index (χ2n) is 3.89. The van der Waals surface area contributed by atoms with E-state index >= 15 is 0 Å². The predicted molar refractivity (Wildman–Crippen MR) is 75.7 cm³/mol. The standard InChI is InChI=1S/C13H15ClN4/c1-3-15-13-16-8-9(2)12(18-13)17-11-6-4-5-10(14)7-11/h4-8H,3H2,1-2H3,(H2,15,16,17,18). The lowest BCUT2D eigenvalue weighted by Crippen LogP contribution is -2.05. The van der Waals surface area contributed by atoms with E-state index in [0.29, 0.717) is 11.0 Å². The van der Waals surface area contributed by atoms with Gasteiger partial charge in [-0.15, -0.1) is 0 Å². The largest absolute Gasteiger partial charge is 0.354 e. The molecular weight excluding hydrogens is 248 g/mol. The molecule has 0 bridgehead atoms. The van der Waals surface area contributed by atoms with Crippen molar-refractivity contribution in [1.29, 1.82) is 0 Å². The number of nitrogens with zero attached hydrogens (tertiary/aromatic N) is 2. The first-order valence-corrected chi connectivity index (χ1v) is 6.17. The molecule has 0 radical (unpaired) electrons. The third-order valence-corrected chi connectivity index (χ3v) is 2.63. The topological polar surface area (TPSA) is 49.8 Å². The summed E-state index contributed by atoms with van der Waals surface area (Å²) in [6.07, 6.45) is 1.79. The van der Waals surface area contributed by atoms with Gasteiger partial charge in [-0.25, -0.2) is 4.98 Å². The zero-order chi connectivity index (χ0) is 13.0. The molecule has 2 aromatic rings. The highest BCUT2D eigenvalue weighted by Crippen LogP contribution is 2.21. The van der Waals surface area contributed by atoms with Crippen LogP contribution in [0.2, 0.25) is 5.02 Å². The van der Waals surface area contributed by atoms with Crippen molar-refractivity contribution in [3.63, 3.8) is 0 Å². The minimum absolute atomic E-state index is 0.618. The lowest BCUT2D eigenvalue weighted by Gasteiger charge is -2.10. The van der Waals surface area contributed by atoms with Crippen LogP contribution in [0.5, 0.6) is 0 Å². The Labute approximate surface area is 111 Å². The molecule has 1 aromatic carbocycles. The van der Waals surface area contributed by atoms with Crippen LogP contribution < -0.4 is 10.6 Å². The summed E-state index contributed by atoms with van der Waals surface area (Å²) >= 11 is 5.95. The van der Waals surface area contributed by atoms with Gasteiger partial charge in [-0.1, -0.05) is 17.7 Å². The fourth-order valence-corrected chi connectivity index (χ4v) is 1.71. The number of aromatic nitrogens is 2. The monoisotopic (exact) mass is 262 g/mol. The molecule has 94 valence electrons. The summed E-state index contributed by atoms with van der Waals surface area (Å²) < 4.78 is 0. The normalized spacial score (nSPS) is 10.2. The Hall–Kier alpha value is -1.81. The second kappa shape index (κ2) is 5.69. The summed E-state index contributed by atoms with van der Waals surface area (Å²) in [6.45, 7) is 4.76. The molecule has 0 amide bonds. The molecule has 2 rings (SSSR count). The van der Waals surface area contributed by atoms with Crippen molar-refractivity contribution in [2.45, 2.75) is 13.8 Å². The van der Waals surface area contributed by atoms with Gasteiger partial charge in [-0.05, 0) is 32.0 Å². The molecule has 0 aliphatic rings. The molecule has 2 N–H and O–H groups in total. The number of rotatable bonds is 4. The number of halogens is 1. The van der Waals surface area contributed by atoms with Crippen LogP contribution in [0.1, 0.15) is 12.5 Å². The van der Waals surface area contributed by atoms with E-state index in [4.69, 9.17) is 11.6 Å². The van der Waals surface area contributed by atoms with Gasteiger partial charge in [-0.2, -0.15) is 4.98 Å².